The van der Waals surface area contributed by atoms with Crippen LogP contribution in [0.3, 0.4) is 0 Å². The van der Waals surface area contributed by atoms with Gasteiger partial charge in [-0.15, -0.1) is 0 Å². The number of thioether (sulfide) groups is 1. The van der Waals surface area contributed by atoms with Gasteiger partial charge in [0.25, 0.3) is 5.22 Å². The predicted molar refractivity (Wildman–Crippen MR) is 89.5 cm³/mol. The fourth-order valence-electron chi connectivity index (χ4n) is 3.92. The third kappa shape index (κ3) is 3.44. The third-order valence-electron chi connectivity index (χ3n) is 5.26. The summed E-state index contributed by atoms with van der Waals surface area (Å²) in [7, 11) is 0. The van der Waals surface area contributed by atoms with Crippen LogP contribution < -0.4 is 0 Å². The molecule has 1 aliphatic carbocycles. The van der Waals surface area contributed by atoms with Gasteiger partial charge in [-0.3, -0.25) is 0 Å². The van der Waals surface area contributed by atoms with E-state index in [-0.39, 0.29) is 5.41 Å². The fourth-order valence-corrected chi connectivity index (χ4v) is 4.63. The van der Waals surface area contributed by atoms with Gasteiger partial charge in [0, 0.05) is 24.3 Å². The summed E-state index contributed by atoms with van der Waals surface area (Å²) in [6.07, 6.45) is 1.10. The number of hydrogen-bond donors (Lipinski definition) is 0. The highest BCUT2D eigenvalue weighted by Gasteiger charge is 2.60. The van der Waals surface area contributed by atoms with E-state index in [0.29, 0.717) is 11.1 Å². The first-order chi connectivity index (χ1) is 12.0. The maximum absolute atomic E-state index is 12.7. The Balaban J connectivity index is 1.30. The molecule has 1 aliphatic heterocycles. The lowest BCUT2D eigenvalue weighted by molar-refractivity contribution is -0.137. The molecule has 0 N–H and O–H groups in total. The molecule has 2 fully saturated rings. The van der Waals surface area contributed by atoms with Crippen LogP contribution in [0.4, 0.5) is 13.2 Å². The smallest absolute Gasteiger partial charge is 0.416 e. The summed E-state index contributed by atoms with van der Waals surface area (Å²) in [6.45, 7) is 3.00. The molecule has 0 spiro atoms. The van der Waals surface area contributed by atoms with E-state index in [1.165, 1.54) is 12.1 Å². The summed E-state index contributed by atoms with van der Waals surface area (Å²) in [4.78, 5) is 6.51. The van der Waals surface area contributed by atoms with Crippen LogP contribution in [0.5, 0.6) is 0 Å². The largest absolute Gasteiger partial charge is 0.440 e. The minimum absolute atomic E-state index is 0.0832. The zero-order chi connectivity index (χ0) is 17.5. The minimum Gasteiger partial charge on any atom is -0.440 e. The van der Waals surface area contributed by atoms with Gasteiger partial charge in [0.15, 0.2) is 0 Å². The van der Waals surface area contributed by atoms with Gasteiger partial charge in [0.1, 0.15) is 6.26 Å². The van der Waals surface area contributed by atoms with Crippen molar-refractivity contribution in [3.63, 3.8) is 0 Å². The molecular formula is C18H19F3N2OS. The Labute approximate surface area is 148 Å². The second-order valence-electron chi connectivity index (χ2n) is 6.87. The molecule has 25 heavy (non-hydrogen) atoms. The molecule has 0 radical (unpaired) electrons. The van der Waals surface area contributed by atoms with Crippen molar-refractivity contribution in [1.29, 1.82) is 0 Å². The number of halogens is 3. The summed E-state index contributed by atoms with van der Waals surface area (Å²) in [5, 5.41) is 0.700. The SMILES string of the molecule is FC(F)(F)c1ccc([C@]23C[C@H]2CN(CCCSc2ncco2)C3)cc1. The lowest BCUT2D eigenvalue weighted by Crippen LogP contribution is -2.28. The van der Waals surface area contributed by atoms with Crippen LogP contribution in [-0.4, -0.2) is 35.3 Å². The van der Waals surface area contributed by atoms with E-state index in [9.17, 15) is 13.2 Å². The van der Waals surface area contributed by atoms with Crippen molar-refractivity contribution in [2.75, 3.05) is 25.4 Å². The monoisotopic (exact) mass is 368 g/mol. The number of piperidine rings is 1. The normalized spacial score (nSPS) is 26.0. The molecule has 0 amide bonds. The number of nitrogens with zero attached hydrogens (tertiary/aromatic N) is 2. The van der Waals surface area contributed by atoms with E-state index in [4.69, 9.17) is 4.42 Å². The first-order valence-electron chi connectivity index (χ1n) is 8.40. The van der Waals surface area contributed by atoms with E-state index in [2.05, 4.69) is 9.88 Å². The van der Waals surface area contributed by atoms with E-state index in [0.717, 1.165) is 43.8 Å². The van der Waals surface area contributed by atoms with E-state index < -0.39 is 11.7 Å². The molecule has 1 saturated heterocycles. The van der Waals surface area contributed by atoms with Crippen LogP contribution in [0.25, 0.3) is 0 Å². The maximum Gasteiger partial charge on any atom is 0.416 e. The van der Waals surface area contributed by atoms with Crippen molar-refractivity contribution in [2.24, 2.45) is 5.92 Å². The molecule has 0 unspecified atom stereocenters. The summed E-state index contributed by atoms with van der Waals surface area (Å²) >= 11 is 1.61. The second kappa shape index (κ2) is 6.36. The average molecular weight is 368 g/mol. The molecule has 7 heteroatoms. The molecule has 2 heterocycles. The Kier molecular flexibility index (Phi) is 4.32. The number of rotatable bonds is 6. The molecule has 4 rings (SSSR count). The van der Waals surface area contributed by atoms with Crippen molar-refractivity contribution in [2.45, 2.75) is 29.7 Å². The standard InChI is InChI=1S/C18H19F3N2OS/c19-18(20,21)14-4-2-13(3-5-14)17-10-15(17)11-23(12-17)7-1-9-25-16-22-6-8-24-16/h2-6,8,15H,1,7,9-12H2/t15-,17+/m0/s1. The lowest BCUT2D eigenvalue weighted by atomic mass is 9.94. The number of benzene rings is 1. The molecule has 2 atom stereocenters. The average Bonchev–Trinajstić information content (AvgIpc) is 2.96. The van der Waals surface area contributed by atoms with Crippen molar-refractivity contribution >= 4 is 11.8 Å². The summed E-state index contributed by atoms with van der Waals surface area (Å²) in [5.41, 5.74) is 0.574. The Bertz CT molecular complexity index is 717. The number of likely N-dealkylation sites (tertiary alicyclic amines) is 1. The van der Waals surface area contributed by atoms with Crippen LogP contribution in [0, 0.1) is 5.92 Å². The Morgan fingerprint density at radius 3 is 2.76 bits per heavy atom. The molecule has 0 bridgehead atoms. The first-order valence-corrected chi connectivity index (χ1v) is 9.38. The maximum atomic E-state index is 12.7. The Morgan fingerprint density at radius 2 is 2.08 bits per heavy atom. The van der Waals surface area contributed by atoms with Crippen LogP contribution in [0.1, 0.15) is 24.0 Å². The first kappa shape index (κ1) is 17.0. The summed E-state index contributed by atoms with van der Waals surface area (Å²) < 4.78 is 43.3. The zero-order valence-corrected chi connectivity index (χ0v) is 14.4. The van der Waals surface area contributed by atoms with Gasteiger partial charge in [-0.1, -0.05) is 23.9 Å². The second-order valence-corrected chi connectivity index (χ2v) is 7.91. The minimum atomic E-state index is -4.26. The van der Waals surface area contributed by atoms with E-state index in [1.807, 2.05) is 0 Å². The molecular weight excluding hydrogens is 349 g/mol. The molecule has 1 aromatic carbocycles. The molecule has 1 saturated carbocycles. The van der Waals surface area contributed by atoms with Crippen LogP contribution in [0.2, 0.25) is 0 Å². The summed E-state index contributed by atoms with van der Waals surface area (Å²) in [6, 6.07) is 5.78. The van der Waals surface area contributed by atoms with Crippen molar-refractivity contribution in [3.8, 4) is 0 Å². The number of alkyl halides is 3. The van der Waals surface area contributed by atoms with Gasteiger partial charge in [0.05, 0.1) is 11.8 Å². The van der Waals surface area contributed by atoms with Crippen molar-refractivity contribution < 1.29 is 17.6 Å². The van der Waals surface area contributed by atoms with Crippen molar-refractivity contribution in [1.82, 2.24) is 9.88 Å². The number of oxazole rings is 1. The van der Waals surface area contributed by atoms with Crippen LogP contribution in [-0.2, 0) is 11.6 Å². The number of aromatic nitrogens is 1. The molecule has 3 nitrogen and oxygen atoms in total. The van der Waals surface area contributed by atoms with Gasteiger partial charge >= 0.3 is 6.18 Å². The fraction of sp³-hybridized carbons (Fsp3) is 0.500. The van der Waals surface area contributed by atoms with Gasteiger partial charge in [0.2, 0.25) is 0 Å². The zero-order valence-electron chi connectivity index (χ0n) is 13.6. The third-order valence-corrected chi connectivity index (χ3v) is 6.20. The highest BCUT2D eigenvalue weighted by atomic mass is 32.2. The van der Waals surface area contributed by atoms with E-state index >= 15 is 0 Å². The molecule has 2 aromatic rings. The molecule has 2 aliphatic rings. The highest BCUT2D eigenvalue weighted by Crippen LogP contribution is 2.59. The summed E-state index contributed by atoms with van der Waals surface area (Å²) in [5.74, 6) is 1.54. The van der Waals surface area contributed by atoms with Gasteiger partial charge in [-0.25, -0.2) is 4.98 Å². The highest BCUT2D eigenvalue weighted by molar-refractivity contribution is 7.99. The Hall–Kier alpha value is -1.47. The van der Waals surface area contributed by atoms with Crippen LogP contribution >= 0.6 is 11.8 Å². The van der Waals surface area contributed by atoms with Crippen molar-refractivity contribution in [3.05, 3.63) is 47.9 Å². The van der Waals surface area contributed by atoms with Gasteiger partial charge in [-0.05, 0) is 43.0 Å². The predicted octanol–water partition coefficient (Wildman–Crippen LogP) is 4.45. The van der Waals surface area contributed by atoms with Gasteiger partial charge in [-0.2, -0.15) is 13.2 Å². The molecule has 1 aromatic heterocycles. The number of fused-ring (bicyclic) bond motifs is 1. The molecule has 134 valence electrons. The Morgan fingerprint density at radius 1 is 1.28 bits per heavy atom. The number of hydrogen-bond acceptors (Lipinski definition) is 4. The van der Waals surface area contributed by atoms with Crippen LogP contribution in [0.15, 0.2) is 46.4 Å². The van der Waals surface area contributed by atoms with E-state index in [1.54, 1.807) is 36.4 Å². The quantitative estimate of drug-likeness (QED) is 0.557. The lowest BCUT2D eigenvalue weighted by Gasteiger charge is -2.21. The topological polar surface area (TPSA) is 29.3 Å². The van der Waals surface area contributed by atoms with Gasteiger partial charge < -0.3 is 9.32 Å².